The van der Waals surface area contributed by atoms with E-state index in [9.17, 15) is 0 Å². The van der Waals surface area contributed by atoms with Crippen molar-refractivity contribution in [1.29, 1.82) is 0 Å². The first-order chi connectivity index (χ1) is 7.79. The highest BCUT2D eigenvalue weighted by atomic mass is 16.7. The number of hydrogen-bond acceptors (Lipinski definition) is 2. The van der Waals surface area contributed by atoms with Crippen molar-refractivity contribution in [3.63, 3.8) is 0 Å². The van der Waals surface area contributed by atoms with E-state index in [4.69, 9.17) is 4.84 Å². The first-order valence-corrected chi connectivity index (χ1v) is 6.88. The fourth-order valence-electron chi connectivity index (χ4n) is 2.72. The van der Waals surface area contributed by atoms with Gasteiger partial charge >= 0.3 is 0 Å². The Labute approximate surface area is 107 Å². The molecule has 1 saturated heterocycles. The molecule has 1 rings (SSSR count). The van der Waals surface area contributed by atoms with Crippen LogP contribution in [-0.4, -0.2) is 22.7 Å². The van der Waals surface area contributed by atoms with Gasteiger partial charge in [0.15, 0.2) is 0 Å². The van der Waals surface area contributed by atoms with E-state index in [0.717, 1.165) is 6.42 Å². The molecule has 0 aromatic rings. The van der Waals surface area contributed by atoms with Crippen LogP contribution in [0, 0.1) is 0 Å². The molecule has 0 aromatic carbocycles. The van der Waals surface area contributed by atoms with Crippen molar-refractivity contribution >= 4 is 0 Å². The Balaban J connectivity index is 2.64. The van der Waals surface area contributed by atoms with Crippen LogP contribution in [0.1, 0.15) is 67.2 Å². The van der Waals surface area contributed by atoms with Crippen molar-refractivity contribution in [2.45, 2.75) is 78.3 Å². The van der Waals surface area contributed by atoms with Gasteiger partial charge in [-0.3, -0.25) is 4.84 Å². The Morgan fingerprint density at radius 1 is 1.18 bits per heavy atom. The quantitative estimate of drug-likeness (QED) is 0.678. The first-order valence-electron chi connectivity index (χ1n) is 6.88. The minimum Gasteiger partial charge on any atom is -0.294 e. The van der Waals surface area contributed by atoms with Gasteiger partial charge in [-0.1, -0.05) is 18.6 Å². The molecule has 100 valence electrons. The highest BCUT2D eigenvalue weighted by Crippen LogP contribution is 2.38. The Bertz CT molecular complexity index is 263. The molecule has 0 unspecified atom stereocenters. The van der Waals surface area contributed by atoms with Gasteiger partial charge in [0, 0.05) is 11.1 Å². The maximum atomic E-state index is 6.04. The van der Waals surface area contributed by atoms with Gasteiger partial charge in [-0.05, 0) is 60.3 Å². The van der Waals surface area contributed by atoms with E-state index in [1.165, 1.54) is 24.8 Å². The van der Waals surface area contributed by atoms with Crippen molar-refractivity contribution < 1.29 is 4.84 Å². The number of hydroxylamine groups is 2. The molecular weight excluding hydrogens is 210 g/mol. The molecule has 1 aliphatic heterocycles. The SMILES string of the molecule is CC/C(C)=C\CON1C(C)(C)CCCC1(C)C. The number of rotatable bonds is 4. The standard InChI is InChI=1S/C15H29NO/c1-7-13(2)9-12-17-16-14(3,4)10-8-11-15(16,5)6/h9H,7-8,10-12H2,1-6H3/b13-9-. The lowest BCUT2D eigenvalue weighted by atomic mass is 9.82. The molecular formula is C15H29NO. The highest BCUT2D eigenvalue weighted by molar-refractivity contribution is 4.97. The predicted molar refractivity (Wildman–Crippen MR) is 73.8 cm³/mol. The summed E-state index contributed by atoms with van der Waals surface area (Å²) >= 11 is 0. The van der Waals surface area contributed by atoms with Gasteiger partial charge < -0.3 is 0 Å². The summed E-state index contributed by atoms with van der Waals surface area (Å²) in [6.45, 7) is 14.2. The monoisotopic (exact) mass is 239 g/mol. The van der Waals surface area contributed by atoms with Gasteiger partial charge in [0.2, 0.25) is 0 Å². The van der Waals surface area contributed by atoms with E-state index in [1.807, 2.05) is 0 Å². The summed E-state index contributed by atoms with van der Waals surface area (Å²) in [5.74, 6) is 0. The molecule has 0 atom stereocenters. The molecule has 17 heavy (non-hydrogen) atoms. The zero-order valence-electron chi connectivity index (χ0n) is 12.5. The van der Waals surface area contributed by atoms with E-state index in [0.29, 0.717) is 6.61 Å². The molecule has 0 N–H and O–H groups in total. The van der Waals surface area contributed by atoms with Crippen LogP contribution in [0.5, 0.6) is 0 Å². The van der Waals surface area contributed by atoms with Gasteiger partial charge in [0.05, 0.1) is 6.61 Å². The lowest BCUT2D eigenvalue weighted by Gasteiger charge is -2.51. The smallest absolute Gasteiger partial charge is 0.0869 e. The summed E-state index contributed by atoms with van der Waals surface area (Å²) in [5.41, 5.74) is 1.70. The highest BCUT2D eigenvalue weighted by Gasteiger charge is 2.42. The zero-order valence-corrected chi connectivity index (χ0v) is 12.5. The van der Waals surface area contributed by atoms with E-state index < -0.39 is 0 Å². The minimum atomic E-state index is 0.149. The lowest BCUT2D eigenvalue weighted by Crippen LogP contribution is -2.58. The second-order valence-electron chi connectivity index (χ2n) is 6.47. The molecule has 2 nitrogen and oxygen atoms in total. The molecule has 1 aliphatic rings. The fourth-order valence-corrected chi connectivity index (χ4v) is 2.72. The predicted octanol–water partition coefficient (Wildman–Crippen LogP) is 4.32. The van der Waals surface area contributed by atoms with Gasteiger partial charge in [0.25, 0.3) is 0 Å². The molecule has 0 amide bonds. The van der Waals surface area contributed by atoms with Gasteiger partial charge in [-0.2, -0.15) is 5.06 Å². The normalized spacial score (nSPS) is 24.9. The van der Waals surface area contributed by atoms with Gasteiger partial charge in [-0.25, -0.2) is 0 Å². The second kappa shape index (κ2) is 5.53. The Morgan fingerprint density at radius 3 is 2.18 bits per heavy atom. The maximum Gasteiger partial charge on any atom is 0.0869 e. The fraction of sp³-hybridized carbons (Fsp3) is 0.867. The summed E-state index contributed by atoms with van der Waals surface area (Å²) in [5, 5.41) is 2.23. The summed E-state index contributed by atoms with van der Waals surface area (Å²) in [6, 6.07) is 0. The number of nitrogens with zero attached hydrogens (tertiary/aromatic N) is 1. The summed E-state index contributed by atoms with van der Waals surface area (Å²) in [7, 11) is 0. The van der Waals surface area contributed by atoms with E-state index in [2.05, 4.69) is 52.7 Å². The van der Waals surface area contributed by atoms with Gasteiger partial charge in [0.1, 0.15) is 0 Å². The average molecular weight is 239 g/mol. The molecule has 1 fully saturated rings. The topological polar surface area (TPSA) is 12.5 Å². The Hall–Kier alpha value is -0.340. The Kier molecular flexibility index (Phi) is 4.79. The summed E-state index contributed by atoms with van der Waals surface area (Å²) in [4.78, 5) is 6.04. The first kappa shape index (κ1) is 14.7. The lowest BCUT2D eigenvalue weighted by molar-refractivity contribution is -0.274. The van der Waals surface area contributed by atoms with Crippen LogP contribution in [0.3, 0.4) is 0 Å². The third kappa shape index (κ3) is 3.82. The number of hydrogen-bond donors (Lipinski definition) is 0. The van der Waals surface area contributed by atoms with E-state index in [-0.39, 0.29) is 11.1 Å². The average Bonchev–Trinajstić information content (AvgIpc) is 2.21. The summed E-state index contributed by atoms with van der Waals surface area (Å²) < 4.78 is 0. The molecule has 0 bridgehead atoms. The van der Waals surface area contributed by atoms with Crippen LogP contribution in [0.2, 0.25) is 0 Å². The van der Waals surface area contributed by atoms with Crippen LogP contribution < -0.4 is 0 Å². The third-order valence-corrected chi connectivity index (χ3v) is 3.87. The van der Waals surface area contributed by atoms with Crippen LogP contribution in [0.4, 0.5) is 0 Å². The molecule has 0 radical (unpaired) electrons. The Morgan fingerprint density at radius 2 is 1.71 bits per heavy atom. The molecule has 0 aliphatic carbocycles. The maximum absolute atomic E-state index is 6.04. The van der Waals surface area contributed by atoms with Crippen LogP contribution in [0.25, 0.3) is 0 Å². The van der Waals surface area contributed by atoms with Crippen molar-refractivity contribution in [3.8, 4) is 0 Å². The number of piperidine rings is 1. The van der Waals surface area contributed by atoms with Crippen molar-refractivity contribution in [2.75, 3.05) is 6.61 Å². The third-order valence-electron chi connectivity index (χ3n) is 3.87. The second-order valence-corrected chi connectivity index (χ2v) is 6.47. The van der Waals surface area contributed by atoms with E-state index >= 15 is 0 Å². The minimum absolute atomic E-state index is 0.149. The molecule has 0 spiro atoms. The summed E-state index contributed by atoms with van der Waals surface area (Å²) in [6.07, 6.45) is 7.03. The zero-order chi connectivity index (χ0) is 13.1. The largest absolute Gasteiger partial charge is 0.294 e. The number of allylic oxidation sites excluding steroid dienone is 1. The van der Waals surface area contributed by atoms with Crippen LogP contribution in [-0.2, 0) is 4.84 Å². The van der Waals surface area contributed by atoms with Gasteiger partial charge in [-0.15, -0.1) is 0 Å². The van der Waals surface area contributed by atoms with Crippen molar-refractivity contribution in [1.82, 2.24) is 5.06 Å². The molecule has 0 aromatic heterocycles. The van der Waals surface area contributed by atoms with E-state index in [1.54, 1.807) is 0 Å². The molecule has 1 heterocycles. The van der Waals surface area contributed by atoms with Crippen LogP contribution >= 0.6 is 0 Å². The van der Waals surface area contributed by atoms with Crippen LogP contribution in [0.15, 0.2) is 11.6 Å². The van der Waals surface area contributed by atoms with Crippen molar-refractivity contribution in [3.05, 3.63) is 11.6 Å². The molecule has 2 heteroatoms. The molecule has 0 saturated carbocycles. The van der Waals surface area contributed by atoms with Crippen molar-refractivity contribution in [2.24, 2.45) is 0 Å².